The molecule has 0 bridgehead atoms. The lowest BCUT2D eigenvalue weighted by atomic mass is 10.1. The first kappa shape index (κ1) is 16.0. The Morgan fingerprint density at radius 2 is 2.17 bits per heavy atom. The number of aromatic nitrogens is 2. The van der Waals surface area contributed by atoms with E-state index in [2.05, 4.69) is 15.7 Å². The van der Waals surface area contributed by atoms with Gasteiger partial charge in [0.1, 0.15) is 0 Å². The second-order valence-corrected chi connectivity index (χ2v) is 6.04. The summed E-state index contributed by atoms with van der Waals surface area (Å²) >= 11 is 0. The number of anilines is 1. The standard InChI is InChI=1S/C17H21N5O2/c1-12-8-9-18-22(12)15-5-3-4-13(10-15)19-17(24)20-14-6-7-16(23)21(2)11-14/h3-5,8-10,14H,6-7,11H2,1-2H3,(H2,19,20,24)/t14-/m1/s1. The van der Waals surface area contributed by atoms with Gasteiger partial charge in [-0.15, -0.1) is 0 Å². The van der Waals surface area contributed by atoms with Crippen molar-refractivity contribution in [3.05, 3.63) is 42.2 Å². The van der Waals surface area contributed by atoms with Gasteiger partial charge in [0.05, 0.1) is 5.69 Å². The summed E-state index contributed by atoms with van der Waals surface area (Å²) < 4.78 is 1.81. The van der Waals surface area contributed by atoms with Crippen LogP contribution < -0.4 is 10.6 Å². The number of hydrogen-bond donors (Lipinski definition) is 2. The zero-order chi connectivity index (χ0) is 17.1. The number of likely N-dealkylation sites (N-methyl/N-ethyl adjacent to an activating group) is 1. The van der Waals surface area contributed by atoms with Crippen LogP contribution in [0.25, 0.3) is 5.69 Å². The van der Waals surface area contributed by atoms with Crippen LogP contribution in [-0.4, -0.2) is 46.3 Å². The van der Waals surface area contributed by atoms with E-state index in [4.69, 9.17) is 0 Å². The normalized spacial score (nSPS) is 17.7. The Kier molecular flexibility index (Phi) is 4.50. The highest BCUT2D eigenvalue weighted by Crippen LogP contribution is 2.16. The maximum atomic E-state index is 12.2. The fraction of sp³-hybridized carbons (Fsp3) is 0.353. The number of rotatable bonds is 3. The topological polar surface area (TPSA) is 79.3 Å². The van der Waals surface area contributed by atoms with Crippen molar-refractivity contribution >= 4 is 17.6 Å². The number of amides is 3. The molecule has 1 saturated heterocycles. The van der Waals surface area contributed by atoms with Crippen LogP contribution in [0.4, 0.5) is 10.5 Å². The average Bonchev–Trinajstić information content (AvgIpc) is 2.97. The predicted octanol–water partition coefficient (Wildman–Crippen LogP) is 1.92. The summed E-state index contributed by atoms with van der Waals surface area (Å²) in [5.74, 6) is 0.121. The number of carbonyl (C=O) groups is 2. The summed E-state index contributed by atoms with van der Waals surface area (Å²) in [6.07, 6.45) is 2.88. The van der Waals surface area contributed by atoms with Crippen LogP contribution in [0.15, 0.2) is 36.5 Å². The molecule has 0 unspecified atom stereocenters. The van der Waals surface area contributed by atoms with Gasteiger partial charge in [-0.2, -0.15) is 5.10 Å². The Balaban J connectivity index is 1.63. The van der Waals surface area contributed by atoms with Gasteiger partial charge in [-0.05, 0) is 37.6 Å². The zero-order valence-corrected chi connectivity index (χ0v) is 13.8. The molecule has 24 heavy (non-hydrogen) atoms. The van der Waals surface area contributed by atoms with Gasteiger partial charge in [0.15, 0.2) is 0 Å². The fourth-order valence-corrected chi connectivity index (χ4v) is 2.84. The minimum absolute atomic E-state index is 0.0238. The van der Waals surface area contributed by atoms with E-state index in [1.807, 2.05) is 41.9 Å². The lowest BCUT2D eigenvalue weighted by Gasteiger charge is -2.30. The lowest BCUT2D eigenvalue weighted by molar-refractivity contribution is -0.132. The van der Waals surface area contributed by atoms with Crippen molar-refractivity contribution in [2.75, 3.05) is 18.9 Å². The lowest BCUT2D eigenvalue weighted by Crippen LogP contribution is -2.49. The summed E-state index contributed by atoms with van der Waals surface area (Å²) in [5.41, 5.74) is 2.60. The number of benzene rings is 1. The Labute approximate surface area is 140 Å². The number of hydrogen-bond acceptors (Lipinski definition) is 3. The molecule has 2 N–H and O–H groups in total. The van der Waals surface area contributed by atoms with Crippen molar-refractivity contribution < 1.29 is 9.59 Å². The highest BCUT2D eigenvalue weighted by Gasteiger charge is 2.23. The molecule has 1 aliphatic heterocycles. The molecule has 1 fully saturated rings. The molecule has 7 nitrogen and oxygen atoms in total. The SMILES string of the molecule is Cc1ccnn1-c1cccc(NC(=O)N[C@@H]2CCC(=O)N(C)C2)c1. The third kappa shape index (κ3) is 3.56. The molecule has 0 spiro atoms. The highest BCUT2D eigenvalue weighted by atomic mass is 16.2. The van der Waals surface area contributed by atoms with E-state index >= 15 is 0 Å². The Morgan fingerprint density at radius 1 is 1.33 bits per heavy atom. The average molecular weight is 327 g/mol. The summed E-state index contributed by atoms with van der Waals surface area (Å²) in [6.45, 7) is 2.51. The van der Waals surface area contributed by atoms with Crippen molar-refractivity contribution in [1.29, 1.82) is 0 Å². The predicted molar refractivity (Wildman–Crippen MR) is 91.1 cm³/mol. The van der Waals surface area contributed by atoms with Crippen LogP contribution in [0, 0.1) is 6.92 Å². The van der Waals surface area contributed by atoms with Gasteiger partial charge in [0, 0.05) is 43.6 Å². The Bertz CT molecular complexity index is 755. The van der Waals surface area contributed by atoms with Gasteiger partial charge in [0.25, 0.3) is 0 Å². The van der Waals surface area contributed by atoms with Gasteiger partial charge in [-0.3, -0.25) is 4.79 Å². The summed E-state index contributed by atoms with van der Waals surface area (Å²) in [4.78, 5) is 25.3. The molecule has 2 heterocycles. The van der Waals surface area contributed by atoms with E-state index < -0.39 is 0 Å². The van der Waals surface area contributed by atoms with E-state index in [0.29, 0.717) is 25.1 Å². The molecular weight excluding hydrogens is 306 g/mol. The van der Waals surface area contributed by atoms with Crippen LogP contribution in [0.3, 0.4) is 0 Å². The van der Waals surface area contributed by atoms with E-state index in [-0.39, 0.29) is 18.0 Å². The summed E-state index contributed by atoms with van der Waals surface area (Å²) in [5, 5.41) is 10.0. The van der Waals surface area contributed by atoms with Crippen molar-refractivity contribution in [1.82, 2.24) is 20.0 Å². The minimum atomic E-state index is -0.267. The number of nitrogens with one attached hydrogen (secondary N) is 2. The van der Waals surface area contributed by atoms with Crippen LogP contribution in [0.5, 0.6) is 0 Å². The van der Waals surface area contributed by atoms with E-state index in [0.717, 1.165) is 11.4 Å². The molecule has 1 atom stereocenters. The minimum Gasteiger partial charge on any atom is -0.344 e. The molecule has 126 valence electrons. The maximum absolute atomic E-state index is 12.2. The van der Waals surface area contributed by atoms with E-state index in [9.17, 15) is 9.59 Å². The molecule has 0 saturated carbocycles. The van der Waals surface area contributed by atoms with Crippen LogP contribution in [0.2, 0.25) is 0 Å². The van der Waals surface area contributed by atoms with E-state index in [1.165, 1.54) is 0 Å². The molecule has 1 aromatic carbocycles. The highest BCUT2D eigenvalue weighted by molar-refractivity contribution is 5.90. The van der Waals surface area contributed by atoms with Crippen molar-refractivity contribution in [3.63, 3.8) is 0 Å². The number of piperidine rings is 1. The second kappa shape index (κ2) is 6.74. The smallest absolute Gasteiger partial charge is 0.319 e. The molecule has 3 rings (SSSR count). The van der Waals surface area contributed by atoms with E-state index in [1.54, 1.807) is 18.1 Å². The molecule has 7 heteroatoms. The number of nitrogens with zero attached hydrogens (tertiary/aromatic N) is 3. The zero-order valence-electron chi connectivity index (χ0n) is 13.8. The van der Waals surface area contributed by atoms with Crippen molar-refractivity contribution in [2.45, 2.75) is 25.8 Å². The van der Waals surface area contributed by atoms with Crippen molar-refractivity contribution in [2.24, 2.45) is 0 Å². The largest absolute Gasteiger partial charge is 0.344 e. The molecular formula is C17H21N5O2. The van der Waals surface area contributed by atoms with Gasteiger partial charge in [-0.1, -0.05) is 6.07 Å². The van der Waals surface area contributed by atoms with Crippen LogP contribution in [0.1, 0.15) is 18.5 Å². The maximum Gasteiger partial charge on any atom is 0.319 e. The third-order valence-electron chi connectivity index (χ3n) is 4.14. The molecule has 1 aliphatic rings. The quantitative estimate of drug-likeness (QED) is 0.904. The first-order valence-electron chi connectivity index (χ1n) is 7.95. The molecule has 1 aromatic heterocycles. The molecule has 3 amide bonds. The molecule has 2 aromatic rings. The molecule has 0 radical (unpaired) electrons. The van der Waals surface area contributed by atoms with Crippen LogP contribution >= 0.6 is 0 Å². The fourth-order valence-electron chi connectivity index (χ4n) is 2.84. The summed E-state index contributed by atoms with van der Waals surface area (Å²) in [6, 6.07) is 9.15. The first-order chi connectivity index (χ1) is 11.5. The first-order valence-corrected chi connectivity index (χ1v) is 7.95. The summed E-state index contributed by atoms with van der Waals surface area (Å²) in [7, 11) is 1.75. The van der Waals surface area contributed by atoms with Gasteiger partial charge >= 0.3 is 6.03 Å². The number of likely N-dealkylation sites (tertiary alicyclic amines) is 1. The Morgan fingerprint density at radius 3 is 2.88 bits per heavy atom. The third-order valence-corrected chi connectivity index (χ3v) is 4.14. The second-order valence-electron chi connectivity index (χ2n) is 6.04. The van der Waals surface area contributed by atoms with Gasteiger partial charge in [-0.25, -0.2) is 9.48 Å². The Hall–Kier alpha value is -2.83. The van der Waals surface area contributed by atoms with Crippen LogP contribution in [-0.2, 0) is 4.79 Å². The number of carbonyl (C=O) groups excluding carboxylic acids is 2. The monoisotopic (exact) mass is 327 g/mol. The van der Waals surface area contributed by atoms with Crippen molar-refractivity contribution in [3.8, 4) is 5.69 Å². The number of urea groups is 1. The molecule has 0 aliphatic carbocycles. The van der Waals surface area contributed by atoms with Gasteiger partial charge in [0.2, 0.25) is 5.91 Å². The van der Waals surface area contributed by atoms with Gasteiger partial charge < -0.3 is 15.5 Å². The number of aryl methyl sites for hydroxylation is 1.